The molecule has 1 amide bonds. The molecule has 3 nitrogen and oxygen atoms in total. The molecule has 2 unspecified atom stereocenters. The number of nitrogens with zero attached hydrogens (tertiary/aromatic N) is 1. The van der Waals surface area contributed by atoms with Crippen LogP contribution in [0.25, 0.3) is 0 Å². The Morgan fingerprint density at radius 1 is 1.33 bits per heavy atom. The van der Waals surface area contributed by atoms with Gasteiger partial charge in [0.05, 0.1) is 6.04 Å². The number of halogens is 1. The lowest BCUT2D eigenvalue weighted by molar-refractivity contribution is -0.129. The second kappa shape index (κ2) is 7.28. The van der Waals surface area contributed by atoms with Gasteiger partial charge in [-0.3, -0.25) is 10.1 Å². The number of rotatable bonds is 6. The van der Waals surface area contributed by atoms with E-state index in [-0.39, 0.29) is 18.1 Å². The van der Waals surface area contributed by atoms with E-state index in [9.17, 15) is 4.79 Å². The number of benzene rings is 1. The standard InChI is InChI=1S/C17H25ClN2O/c1-12(2)7-4-5-10-20-16(19-13(3)17(20)21)14-8-6-9-15(18)11-14/h6,8-9,11-13,16,19H,4-5,7,10H2,1-3H3. The van der Waals surface area contributed by atoms with Crippen LogP contribution in [0, 0.1) is 5.92 Å². The zero-order valence-electron chi connectivity index (χ0n) is 13.1. The molecule has 1 aromatic rings. The van der Waals surface area contributed by atoms with E-state index in [4.69, 9.17) is 11.6 Å². The molecule has 21 heavy (non-hydrogen) atoms. The first-order chi connectivity index (χ1) is 9.99. The van der Waals surface area contributed by atoms with Gasteiger partial charge in [-0.1, -0.05) is 50.4 Å². The van der Waals surface area contributed by atoms with Gasteiger partial charge in [-0.05, 0) is 37.0 Å². The van der Waals surface area contributed by atoms with Gasteiger partial charge in [-0.2, -0.15) is 0 Å². The first-order valence-electron chi connectivity index (χ1n) is 7.81. The van der Waals surface area contributed by atoms with E-state index in [0.717, 1.165) is 30.9 Å². The summed E-state index contributed by atoms with van der Waals surface area (Å²) in [6, 6.07) is 7.63. The topological polar surface area (TPSA) is 32.3 Å². The third-order valence-electron chi connectivity index (χ3n) is 3.97. The number of hydrogen-bond donors (Lipinski definition) is 1. The minimum atomic E-state index is -0.126. The van der Waals surface area contributed by atoms with Gasteiger partial charge in [0, 0.05) is 11.6 Å². The maximum Gasteiger partial charge on any atom is 0.241 e. The molecule has 0 spiro atoms. The molecule has 1 aromatic carbocycles. The fraction of sp³-hybridized carbons (Fsp3) is 0.588. The summed E-state index contributed by atoms with van der Waals surface area (Å²) in [6.07, 6.45) is 3.38. The molecule has 0 aliphatic carbocycles. The predicted molar refractivity (Wildman–Crippen MR) is 87.2 cm³/mol. The van der Waals surface area contributed by atoms with Crippen molar-refractivity contribution in [3.8, 4) is 0 Å². The van der Waals surface area contributed by atoms with Gasteiger partial charge in [0.15, 0.2) is 0 Å². The number of carbonyl (C=O) groups is 1. The second-order valence-electron chi connectivity index (χ2n) is 6.27. The molecule has 1 aliphatic rings. The van der Waals surface area contributed by atoms with E-state index in [1.165, 1.54) is 6.42 Å². The molecular weight excluding hydrogens is 284 g/mol. The molecule has 1 aliphatic heterocycles. The molecule has 116 valence electrons. The number of hydrogen-bond acceptors (Lipinski definition) is 2. The molecule has 0 saturated carbocycles. The van der Waals surface area contributed by atoms with Crippen molar-refractivity contribution in [1.82, 2.24) is 10.2 Å². The molecule has 1 N–H and O–H groups in total. The van der Waals surface area contributed by atoms with Crippen molar-refractivity contribution in [2.45, 2.75) is 52.2 Å². The van der Waals surface area contributed by atoms with Gasteiger partial charge in [0.2, 0.25) is 5.91 Å². The second-order valence-corrected chi connectivity index (χ2v) is 6.70. The Kier molecular flexibility index (Phi) is 5.65. The van der Waals surface area contributed by atoms with Crippen molar-refractivity contribution < 1.29 is 4.79 Å². The highest BCUT2D eigenvalue weighted by Gasteiger charge is 2.36. The normalized spacial score (nSPS) is 22.3. The van der Waals surface area contributed by atoms with Crippen LogP contribution in [0.5, 0.6) is 0 Å². The van der Waals surface area contributed by atoms with Gasteiger partial charge >= 0.3 is 0 Å². The van der Waals surface area contributed by atoms with E-state index in [2.05, 4.69) is 19.2 Å². The van der Waals surface area contributed by atoms with Crippen LogP contribution in [0.1, 0.15) is 51.8 Å². The first-order valence-corrected chi connectivity index (χ1v) is 8.19. The van der Waals surface area contributed by atoms with Crippen LogP contribution in [-0.4, -0.2) is 23.4 Å². The summed E-state index contributed by atoms with van der Waals surface area (Å²) >= 11 is 6.07. The molecular formula is C17H25ClN2O. The highest BCUT2D eigenvalue weighted by molar-refractivity contribution is 6.30. The van der Waals surface area contributed by atoms with Crippen molar-refractivity contribution in [2.24, 2.45) is 5.92 Å². The predicted octanol–water partition coefficient (Wildman–Crippen LogP) is 3.99. The Hall–Kier alpha value is -1.06. The fourth-order valence-corrected chi connectivity index (χ4v) is 3.00. The Balaban J connectivity index is 2.03. The molecule has 0 radical (unpaired) electrons. The zero-order valence-corrected chi connectivity index (χ0v) is 13.9. The van der Waals surface area contributed by atoms with Crippen molar-refractivity contribution in [3.05, 3.63) is 34.9 Å². The van der Waals surface area contributed by atoms with Crippen LogP contribution in [0.2, 0.25) is 5.02 Å². The van der Waals surface area contributed by atoms with Gasteiger partial charge in [0.1, 0.15) is 6.17 Å². The van der Waals surface area contributed by atoms with E-state index in [0.29, 0.717) is 5.02 Å². The highest BCUT2D eigenvalue weighted by Crippen LogP contribution is 2.27. The Morgan fingerprint density at radius 2 is 2.10 bits per heavy atom. The Morgan fingerprint density at radius 3 is 2.76 bits per heavy atom. The monoisotopic (exact) mass is 308 g/mol. The molecule has 2 rings (SSSR count). The van der Waals surface area contributed by atoms with Gasteiger partial charge < -0.3 is 4.90 Å². The molecule has 0 aromatic heterocycles. The maximum atomic E-state index is 12.3. The van der Waals surface area contributed by atoms with Crippen molar-refractivity contribution in [3.63, 3.8) is 0 Å². The number of amides is 1. The van der Waals surface area contributed by atoms with Crippen molar-refractivity contribution >= 4 is 17.5 Å². The van der Waals surface area contributed by atoms with E-state index in [1.54, 1.807) is 0 Å². The fourth-order valence-electron chi connectivity index (χ4n) is 2.80. The minimum Gasteiger partial charge on any atom is -0.322 e. The summed E-state index contributed by atoms with van der Waals surface area (Å²) in [4.78, 5) is 14.3. The highest BCUT2D eigenvalue weighted by atomic mass is 35.5. The Labute approximate surface area is 132 Å². The third-order valence-corrected chi connectivity index (χ3v) is 4.20. The third kappa shape index (κ3) is 4.21. The van der Waals surface area contributed by atoms with Gasteiger partial charge in [-0.15, -0.1) is 0 Å². The Bertz CT molecular complexity index is 489. The van der Waals surface area contributed by atoms with Crippen LogP contribution in [-0.2, 0) is 4.79 Å². The molecule has 1 heterocycles. The quantitative estimate of drug-likeness (QED) is 0.806. The molecule has 1 fully saturated rings. The zero-order chi connectivity index (χ0) is 15.4. The largest absolute Gasteiger partial charge is 0.322 e. The smallest absolute Gasteiger partial charge is 0.241 e. The van der Waals surface area contributed by atoms with Gasteiger partial charge in [0.25, 0.3) is 0 Å². The average Bonchev–Trinajstić information content (AvgIpc) is 2.71. The molecule has 1 saturated heterocycles. The van der Waals surface area contributed by atoms with Gasteiger partial charge in [-0.25, -0.2) is 0 Å². The number of carbonyl (C=O) groups excluding carboxylic acids is 1. The van der Waals surface area contributed by atoms with Crippen LogP contribution in [0.3, 0.4) is 0 Å². The van der Waals surface area contributed by atoms with E-state index < -0.39 is 0 Å². The average molecular weight is 309 g/mol. The van der Waals surface area contributed by atoms with Crippen LogP contribution in [0.4, 0.5) is 0 Å². The van der Waals surface area contributed by atoms with E-state index in [1.807, 2.05) is 36.1 Å². The lowest BCUT2D eigenvalue weighted by atomic mass is 10.1. The van der Waals surface area contributed by atoms with Crippen LogP contribution < -0.4 is 5.32 Å². The lowest BCUT2D eigenvalue weighted by Crippen LogP contribution is -2.31. The molecule has 0 bridgehead atoms. The molecule has 4 heteroatoms. The van der Waals surface area contributed by atoms with Crippen molar-refractivity contribution in [1.29, 1.82) is 0 Å². The molecule has 2 atom stereocenters. The summed E-state index contributed by atoms with van der Waals surface area (Å²) in [5, 5.41) is 4.07. The van der Waals surface area contributed by atoms with E-state index >= 15 is 0 Å². The summed E-state index contributed by atoms with van der Waals surface area (Å²) in [5.74, 6) is 0.907. The maximum absolute atomic E-state index is 12.3. The lowest BCUT2D eigenvalue weighted by Gasteiger charge is -2.25. The van der Waals surface area contributed by atoms with Crippen molar-refractivity contribution in [2.75, 3.05) is 6.54 Å². The van der Waals surface area contributed by atoms with Crippen LogP contribution >= 0.6 is 11.6 Å². The minimum absolute atomic E-state index is 0.0507. The summed E-state index contributed by atoms with van der Waals surface area (Å²) in [5.41, 5.74) is 1.06. The summed E-state index contributed by atoms with van der Waals surface area (Å²) in [7, 11) is 0. The van der Waals surface area contributed by atoms with Crippen LogP contribution in [0.15, 0.2) is 24.3 Å². The summed E-state index contributed by atoms with van der Waals surface area (Å²) < 4.78 is 0. The number of nitrogens with one attached hydrogen (secondary N) is 1. The number of unbranched alkanes of at least 4 members (excludes halogenated alkanes) is 1. The summed E-state index contributed by atoms with van der Waals surface area (Å²) in [6.45, 7) is 7.20. The SMILES string of the molecule is CC(C)CCCCN1C(=O)C(C)NC1c1cccc(Cl)c1. The first kappa shape index (κ1) is 16.3.